The van der Waals surface area contributed by atoms with E-state index in [9.17, 15) is 22.8 Å². The Morgan fingerprint density at radius 3 is 2.25 bits per heavy atom. The molecule has 4 nitrogen and oxygen atoms in total. The van der Waals surface area contributed by atoms with Gasteiger partial charge in [-0.05, 0) is 12.8 Å². The van der Waals surface area contributed by atoms with Gasteiger partial charge in [0, 0.05) is 5.92 Å². The van der Waals surface area contributed by atoms with E-state index in [4.69, 9.17) is 5.73 Å². The second kappa shape index (κ2) is 6.34. The molecule has 0 fully saturated rings. The number of esters is 1. The lowest BCUT2D eigenvalue weighted by Crippen LogP contribution is -2.28. The molecule has 0 aliphatic rings. The summed E-state index contributed by atoms with van der Waals surface area (Å²) >= 11 is 0. The highest BCUT2D eigenvalue weighted by Crippen LogP contribution is 2.17. The summed E-state index contributed by atoms with van der Waals surface area (Å²) in [5.41, 5.74) is 5.02. The summed E-state index contributed by atoms with van der Waals surface area (Å²) in [4.78, 5) is 21.1. The monoisotopic (exact) mass is 241 g/mol. The lowest BCUT2D eigenvalue weighted by atomic mass is 10.00. The van der Waals surface area contributed by atoms with Crippen LogP contribution in [0.4, 0.5) is 13.2 Å². The molecular weight excluding hydrogens is 227 g/mol. The Kier molecular flexibility index (Phi) is 5.84. The molecule has 7 heteroatoms. The lowest BCUT2D eigenvalue weighted by Gasteiger charge is -2.12. The third-order valence-corrected chi connectivity index (χ3v) is 1.97. The quantitative estimate of drug-likeness (QED) is 0.714. The van der Waals surface area contributed by atoms with Crippen LogP contribution >= 0.6 is 0 Å². The number of nitrogens with two attached hydrogens (primary N) is 1. The number of rotatable bonds is 6. The van der Waals surface area contributed by atoms with Crippen molar-refractivity contribution >= 4 is 11.9 Å². The zero-order valence-electron chi connectivity index (χ0n) is 8.84. The molecule has 0 aromatic rings. The molecule has 0 radical (unpaired) electrons. The van der Waals surface area contributed by atoms with Gasteiger partial charge in [-0.2, -0.15) is 13.2 Å². The molecule has 0 aliphatic carbocycles. The minimum absolute atomic E-state index is 0.0188. The van der Waals surface area contributed by atoms with Crippen LogP contribution in [0.15, 0.2) is 0 Å². The molecule has 0 aliphatic heterocycles. The van der Waals surface area contributed by atoms with Crippen molar-refractivity contribution < 1.29 is 27.5 Å². The van der Waals surface area contributed by atoms with E-state index in [0.29, 0.717) is 12.8 Å². The average molecular weight is 241 g/mol. The summed E-state index contributed by atoms with van der Waals surface area (Å²) in [6, 6.07) is 0. The van der Waals surface area contributed by atoms with E-state index in [0.717, 1.165) is 0 Å². The first-order valence-electron chi connectivity index (χ1n) is 4.82. The number of hydrogen-bond acceptors (Lipinski definition) is 3. The van der Waals surface area contributed by atoms with Gasteiger partial charge in [0.15, 0.2) is 0 Å². The van der Waals surface area contributed by atoms with Crippen LogP contribution < -0.4 is 5.73 Å². The smallest absolute Gasteiger partial charge is 0.459 e. The first-order chi connectivity index (χ1) is 7.29. The molecule has 16 heavy (non-hydrogen) atoms. The Hall–Kier alpha value is -1.27. The molecule has 0 saturated heterocycles. The zero-order chi connectivity index (χ0) is 12.8. The van der Waals surface area contributed by atoms with Gasteiger partial charge < -0.3 is 10.5 Å². The van der Waals surface area contributed by atoms with Crippen LogP contribution in [0.25, 0.3) is 0 Å². The average Bonchev–Trinajstić information content (AvgIpc) is 2.14. The SMILES string of the molecule is CCCC(CCOC(=O)C(F)(F)F)C(N)=O. The highest BCUT2D eigenvalue weighted by atomic mass is 19.4. The van der Waals surface area contributed by atoms with Crippen molar-refractivity contribution in [2.24, 2.45) is 11.7 Å². The molecule has 0 aromatic carbocycles. The summed E-state index contributed by atoms with van der Waals surface area (Å²) in [7, 11) is 0. The van der Waals surface area contributed by atoms with Crippen LogP contribution in [0, 0.1) is 5.92 Å². The highest BCUT2D eigenvalue weighted by Gasteiger charge is 2.40. The van der Waals surface area contributed by atoms with Crippen LogP contribution in [0.5, 0.6) is 0 Å². The summed E-state index contributed by atoms with van der Waals surface area (Å²) in [5.74, 6) is -3.39. The van der Waals surface area contributed by atoms with Crippen LogP contribution in [0.1, 0.15) is 26.2 Å². The van der Waals surface area contributed by atoms with Crippen molar-refractivity contribution in [3.63, 3.8) is 0 Å². The number of ether oxygens (including phenoxy) is 1. The topological polar surface area (TPSA) is 69.4 Å². The predicted molar refractivity (Wildman–Crippen MR) is 49.2 cm³/mol. The Morgan fingerprint density at radius 2 is 1.88 bits per heavy atom. The van der Waals surface area contributed by atoms with Gasteiger partial charge in [-0.25, -0.2) is 4.79 Å². The number of halogens is 3. The molecule has 2 N–H and O–H groups in total. The maximum atomic E-state index is 11.7. The Balaban J connectivity index is 3.96. The van der Waals surface area contributed by atoms with Crippen molar-refractivity contribution in [1.82, 2.24) is 0 Å². The van der Waals surface area contributed by atoms with Crippen LogP contribution in [-0.2, 0) is 14.3 Å². The number of primary amides is 1. The molecule has 0 heterocycles. The number of alkyl halides is 3. The van der Waals surface area contributed by atoms with Gasteiger partial charge in [0.05, 0.1) is 6.61 Å². The van der Waals surface area contributed by atoms with Crippen molar-refractivity contribution in [1.29, 1.82) is 0 Å². The van der Waals surface area contributed by atoms with E-state index < -0.39 is 30.6 Å². The second-order valence-corrected chi connectivity index (χ2v) is 3.31. The van der Waals surface area contributed by atoms with E-state index in [2.05, 4.69) is 4.74 Å². The second-order valence-electron chi connectivity index (χ2n) is 3.31. The largest absolute Gasteiger partial charge is 0.490 e. The van der Waals surface area contributed by atoms with E-state index in [-0.39, 0.29) is 6.42 Å². The van der Waals surface area contributed by atoms with Gasteiger partial charge in [0.25, 0.3) is 0 Å². The fraction of sp³-hybridized carbons (Fsp3) is 0.778. The molecule has 0 spiro atoms. The van der Waals surface area contributed by atoms with Crippen LogP contribution in [-0.4, -0.2) is 24.7 Å². The fourth-order valence-corrected chi connectivity index (χ4v) is 1.15. The van der Waals surface area contributed by atoms with Crippen LogP contribution in [0.2, 0.25) is 0 Å². The molecule has 0 aromatic heterocycles. The summed E-state index contributed by atoms with van der Waals surface area (Å²) < 4.78 is 39.1. The third kappa shape index (κ3) is 5.57. The summed E-state index contributed by atoms with van der Waals surface area (Å²) in [6.07, 6.45) is -3.82. The molecule has 0 bridgehead atoms. The third-order valence-electron chi connectivity index (χ3n) is 1.97. The molecule has 0 rings (SSSR count). The van der Waals surface area contributed by atoms with Gasteiger partial charge in [0.1, 0.15) is 0 Å². The van der Waals surface area contributed by atoms with Gasteiger partial charge in [-0.15, -0.1) is 0 Å². The number of carbonyl (C=O) groups is 2. The van der Waals surface area contributed by atoms with Gasteiger partial charge in [-0.3, -0.25) is 4.79 Å². The number of carbonyl (C=O) groups excluding carboxylic acids is 2. The van der Waals surface area contributed by atoms with E-state index in [1.54, 1.807) is 0 Å². The van der Waals surface area contributed by atoms with Crippen molar-refractivity contribution in [2.45, 2.75) is 32.4 Å². The van der Waals surface area contributed by atoms with E-state index >= 15 is 0 Å². The summed E-state index contributed by atoms with van der Waals surface area (Å²) in [6.45, 7) is 1.36. The molecule has 94 valence electrons. The molecular formula is C9H14F3NO3. The lowest BCUT2D eigenvalue weighted by molar-refractivity contribution is -0.200. The number of amides is 1. The number of hydrogen-bond donors (Lipinski definition) is 1. The Morgan fingerprint density at radius 1 is 1.31 bits per heavy atom. The first-order valence-corrected chi connectivity index (χ1v) is 4.82. The van der Waals surface area contributed by atoms with Crippen molar-refractivity contribution in [3.8, 4) is 0 Å². The molecule has 1 unspecified atom stereocenters. The molecule has 0 saturated carbocycles. The molecule has 1 amide bonds. The summed E-state index contributed by atoms with van der Waals surface area (Å²) in [5, 5.41) is 0. The van der Waals surface area contributed by atoms with Crippen molar-refractivity contribution in [2.75, 3.05) is 6.61 Å². The minimum Gasteiger partial charge on any atom is -0.459 e. The van der Waals surface area contributed by atoms with E-state index in [1.165, 1.54) is 0 Å². The minimum atomic E-state index is -4.99. The first kappa shape index (κ1) is 14.7. The van der Waals surface area contributed by atoms with Gasteiger partial charge in [0.2, 0.25) is 5.91 Å². The standard InChI is InChI=1S/C9H14F3NO3/c1-2-3-6(7(13)14)4-5-16-8(15)9(10,11)12/h6H,2-5H2,1H3,(H2,13,14). The maximum Gasteiger partial charge on any atom is 0.490 e. The maximum absolute atomic E-state index is 11.7. The zero-order valence-corrected chi connectivity index (χ0v) is 8.84. The predicted octanol–water partition coefficient (Wildman–Crippen LogP) is 1.38. The van der Waals surface area contributed by atoms with Crippen molar-refractivity contribution in [3.05, 3.63) is 0 Å². The van der Waals surface area contributed by atoms with Gasteiger partial charge in [-0.1, -0.05) is 13.3 Å². The normalized spacial score (nSPS) is 13.2. The highest BCUT2D eigenvalue weighted by molar-refractivity contribution is 5.77. The van der Waals surface area contributed by atoms with Crippen LogP contribution in [0.3, 0.4) is 0 Å². The fourth-order valence-electron chi connectivity index (χ4n) is 1.15. The Bertz CT molecular complexity index is 253. The Labute approximate surface area is 90.9 Å². The van der Waals surface area contributed by atoms with E-state index in [1.807, 2.05) is 6.92 Å². The molecule has 1 atom stereocenters. The van der Waals surface area contributed by atoms with Gasteiger partial charge >= 0.3 is 12.1 Å².